The van der Waals surface area contributed by atoms with Crippen LogP contribution in [0.5, 0.6) is 0 Å². The molecule has 1 unspecified atom stereocenters. The molecule has 0 bridgehead atoms. The molecule has 1 fully saturated rings. The number of fused-ring (bicyclic) bond motifs is 1. The fourth-order valence-electron chi connectivity index (χ4n) is 3.89. The van der Waals surface area contributed by atoms with Crippen molar-refractivity contribution in [3.63, 3.8) is 0 Å². The monoisotopic (exact) mass is 447 g/mol. The van der Waals surface area contributed by atoms with Crippen LogP contribution in [0.3, 0.4) is 0 Å². The Morgan fingerprint density at radius 2 is 1.69 bits per heavy atom. The van der Waals surface area contributed by atoms with Gasteiger partial charge in [-0.1, -0.05) is 12.1 Å². The van der Waals surface area contributed by atoms with E-state index in [1.807, 2.05) is 6.92 Å². The molecule has 0 spiro atoms. The van der Waals surface area contributed by atoms with Gasteiger partial charge in [0.25, 0.3) is 0 Å². The summed E-state index contributed by atoms with van der Waals surface area (Å²) in [5.74, 6) is -0.140. The lowest BCUT2D eigenvalue weighted by Crippen LogP contribution is -2.52. The number of nitrogens with one attached hydrogen (secondary N) is 3. The lowest BCUT2D eigenvalue weighted by molar-refractivity contribution is -0.137. The number of anilines is 1. The van der Waals surface area contributed by atoms with Crippen molar-refractivity contribution in [2.45, 2.75) is 25.7 Å². The maximum atomic E-state index is 12.7. The highest BCUT2D eigenvalue weighted by molar-refractivity contribution is 5.96. The van der Waals surface area contributed by atoms with E-state index in [4.69, 9.17) is 0 Å². The average Bonchev–Trinajstić information content (AvgIpc) is 3.13. The van der Waals surface area contributed by atoms with Crippen molar-refractivity contribution in [1.82, 2.24) is 19.8 Å². The van der Waals surface area contributed by atoms with E-state index in [0.29, 0.717) is 36.4 Å². The number of hydrogen-bond acceptors (Lipinski definition) is 4. The molecule has 1 atom stereocenters. The summed E-state index contributed by atoms with van der Waals surface area (Å²) in [4.78, 5) is 33.6. The second-order valence-corrected chi connectivity index (χ2v) is 8.01. The Morgan fingerprint density at radius 3 is 2.34 bits per heavy atom. The molecule has 3 N–H and O–H groups in total. The first-order valence-corrected chi connectivity index (χ1v) is 10.3. The molecule has 2 heterocycles. The molecule has 0 aliphatic carbocycles. The Kier molecular flexibility index (Phi) is 6.07. The van der Waals surface area contributed by atoms with Crippen molar-refractivity contribution in [3.8, 4) is 0 Å². The van der Waals surface area contributed by atoms with Gasteiger partial charge >= 0.3 is 11.9 Å². The molecule has 1 aliphatic heterocycles. The van der Waals surface area contributed by atoms with Crippen LogP contribution >= 0.6 is 0 Å². The van der Waals surface area contributed by atoms with Gasteiger partial charge in [-0.15, -0.1) is 0 Å². The first kappa shape index (κ1) is 22.1. The second-order valence-electron chi connectivity index (χ2n) is 8.01. The number of aromatic amines is 2. The summed E-state index contributed by atoms with van der Waals surface area (Å²) in [5, 5.41) is 2.89. The standard InChI is InChI=1S/C22H24F3N5O2/c1-14(20(31)26-17-6-7-18-19(12-17)28-21(32)27-18)30-10-8-29(9-11-30)13-15-2-4-16(5-3-15)22(23,24)25/h2-7,12,14H,8-11,13H2,1H3,(H,26,31)(H2,27,28,32). The third-order valence-corrected chi connectivity index (χ3v) is 5.80. The number of alkyl halides is 3. The van der Waals surface area contributed by atoms with E-state index >= 15 is 0 Å². The van der Waals surface area contributed by atoms with Crippen molar-refractivity contribution in [2.75, 3.05) is 31.5 Å². The van der Waals surface area contributed by atoms with Crippen LogP contribution in [0, 0.1) is 0 Å². The molecule has 10 heteroatoms. The summed E-state index contributed by atoms with van der Waals surface area (Å²) in [5.41, 5.74) is 1.78. The van der Waals surface area contributed by atoms with Crippen molar-refractivity contribution in [3.05, 3.63) is 64.1 Å². The van der Waals surface area contributed by atoms with E-state index in [1.165, 1.54) is 12.1 Å². The van der Waals surface area contributed by atoms with Gasteiger partial charge in [0.15, 0.2) is 0 Å². The highest BCUT2D eigenvalue weighted by atomic mass is 19.4. The van der Waals surface area contributed by atoms with E-state index < -0.39 is 11.7 Å². The van der Waals surface area contributed by atoms with Crippen LogP contribution in [-0.4, -0.2) is 57.9 Å². The molecule has 170 valence electrons. The maximum absolute atomic E-state index is 12.7. The Hall–Kier alpha value is -3.11. The molecular formula is C22H24F3N5O2. The number of nitrogens with zero attached hydrogens (tertiary/aromatic N) is 2. The molecule has 0 saturated carbocycles. The van der Waals surface area contributed by atoms with Gasteiger partial charge in [-0.2, -0.15) is 13.2 Å². The normalized spacial score (nSPS) is 16.9. The van der Waals surface area contributed by atoms with E-state index in [1.54, 1.807) is 18.2 Å². The van der Waals surface area contributed by atoms with Gasteiger partial charge in [-0.3, -0.25) is 14.6 Å². The summed E-state index contributed by atoms with van der Waals surface area (Å²) in [7, 11) is 0. The smallest absolute Gasteiger partial charge is 0.325 e. The van der Waals surface area contributed by atoms with Gasteiger partial charge in [0, 0.05) is 38.4 Å². The largest absolute Gasteiger partial charge is 0.416 e. The van der Waals surface area contributed by atoms with Crippen LogP contribution in [0.4, 0.5) is 18.9 Å². The van der Waals surface area contributed by atoms with Gasteiger partial charge in [0.2, 0.25) is 5.91 Å². The topological polar surface area (TPSA) is 84.2 Å². The SMILES string of the molecule is CC(C(=O)Nc1ccc2[nH]c(=O)[nH]c2c1)N1CCN(Cc2ccc(C(F)(F)F)cc2)CC1. The Labute approximate surface area is 182 Å². The third kappa shape index (κ3) is 5.03. The summed E-state index contributed by atoms with van der Waals surface area (Å²) in [6, 6.07) is 10.1. The van der Waals surface area contributed by atoms with Crippen molar-refractivity contribution >= 4 is 22.6 Å². The molecule has 4 rings (SSSR count). The van der Waals surface area contributed by atoms with Gasteiger partial charge in [0.05, 0.1) is 22.6 Å². The number of amides is 1. The summed E-state index contributed by atoms with van der Waals surface area (Å²) < 4.78 is 38.1. The number of aromatic nitrogens is 2. The number of halogens is 3. The number of imidazole rings is 1. The highest BCUT2D eigenvalue weighted by Gasteiger charge is 2.30. The quantitative estimate of drug-likeness (QED) is 0.562. The third-order valence-electron chi connectivity index (χ3n) is 5.80. The number of rotatable bonds is 5. The van der Waals surface area contributed by atoms with E-state index in [-0.39, 0.29) is 17.6 Å². The number of hydrogen-bond donors (Lipinski definition) is 3. The fraction of sp³-hybridized carbons (Fsp3) is 0.364. The van der Waals surface area contributed by atoms with Gasteiger partial charge < -0.3 is 15.3 Å². The Bertz CT molecular complexity index is 1140. The molecule has 3 aromatic rings. The summed E-state index contributed by atoms with van der Waals surface area (Å²) in [6.45, 7) is 5.21. The molecule has 32 heavy (non-hydrogen) atoms. The average molecular weight is 447 g/mol. The summed E-state index contributed by atoms with van der Waals surface area (Å²) >= 11 is 0. The highest BCUT2D eigenvalue weighted by Crippen LogP contribution is 2.29. The van der Waals surface area contributed by atoms with Crippen LogP contribution in [0.15, 0.2) is 47.3 Å². The summed E-state index contributed by atoms with van der Waals surface area (Å²) in [6.07, 6.45) is -4.33. The zero-order valence-corrected chi connectivity index (χ0v) is 17.5. The molecule has 7 nitrogen and oxygen atoms in total. The minimum absolute atomic E-state index is 0.140. The Balaban J connectivity index is 1.29. The van der Waals surface area contributed by atoms with E-state index in [9.17, 15) is 22.8 Å². The predicted octanol–water partition coefficient (Wildman–Crippen LogP) is 3.02. The number of H-pyrrole nitrogens is 2. The van der Waals surface area contributed by atoms with Crippen LogP contribution in [-0.2, 0) is 17.5 Å². The van der Waals surface area contributed by atoms with E-state index in [0.717, 1.165) is 30.8 Å². The van der Waals surface area contributed by atoms with Gasteiger partial charge in [0.1, 0.15) is 0 Å². The molecule has 1 amide bonds. The zero-order valence-electron chi connectivity index (χ0n) is 17.5. The number of benzene rings is 2. The predicted molar refractivity (Wildman–Crippen MR) is 115 cm³/mol. The van der Waals surface area contributed by atoms with Crippen molar-refractivity contribution in [1.29, 1.82) is 0 Å². The Morgan fingerprint density at radius 1 is 1.03 bits per heavy atom. The maximum Gasteiger partial charge on any atom is 0.416 e. The minimum Gasteiger partial charge on any atom is -0.325 e. The van der Waals surface area contributed by atoms with Crippen LogP contribution in [0.1, 0.15) is 18.1 Å². The molecule has 1 aliphatic rings. The van der Waals surface area contributed by atoms with Crippen LogP contribution in [0.25, 0.3) is 11.0 Å². The van der Waals surface area contributed by atoms with Crippen molar-refractivity contribution in [2.24, 2.45) is 0 Å². The molecule has 1 aromatic heterocycles. The number of piperazine rings is 1. The second kappa shape index (κ2) is 8.79. The van der Waals surface area contributed by atoms with Crippen LogP contribution in [0.2, 0.25) is 0 Å². The first-order chi connectivity index (χ1) is 15.2. The minimum atomic E-state index is -4.33. The van der Waals surface area contributed by atoms with Crippen molar-refractivity contribution < 1.29 is 18.0 Å². The zero-order chi connectivity index (χ0) is 22.9. The first-order valence-electron chi connectivity index (χ1n) is 10.3. The van der Waals surface area contributed by atoms with E-state index in [2.05, 4.69) is 25.1 Å². The van der Waals surface area contributed by atoms with Gasteiger partial charge in [-0.25, -0.2) is 4.79 Å². The molecule has 1 saturated heterocycles. The molecule has 0 radical (unpaired) electrons. The van der Waals surface area contributed by atoms with Gasteiger partial charge in [-0.05, 0) is 42.8 Å². The molecule has 2 aromatic carbocycles. The number of carbonyl (C=O) groups is 1. The lowest BCUT2D eigenvalue weighted by Gasteiger charge is -2.37. The lowest BCUT2D eigenvalue weighted by atomic mass is 10.1. The fourth-order valence-corrected chi connectivity index (χ4v) is 3.89. The van der Waals surface area contributed by atoms with Crippen LogP contribution < -0.4 is 11.0 Å². The molecular weight excluding hydrogens is 423 g/mol. The number of carbonyl (C=O) groups excluding carboxylic acids is 1.